The van der Waals surface area contributed by atoms with Gasteiger partial charge in [0.05, 0.1) is 0 Å². The van der Waals surface area contributed by atoms with Crippen LogP contribution in [0.4, 0.5) is 0 Å². The quantitative estimate of drug-likeness (QED) is 0.922. The highest BCUT2D eigenvalue weighted by molar-refractivity contribution is 5.78. The van der Waals surface area contributed by atoms with Crippen molar-refractivity contribution >= 4 is 5.91 Å². The molecular weight excluding hydrogens is 260 g/mol. The van der Waals surface area contributed by atoms with Crippen LogP contribution in [0.1, 0.15) is 45.7 Å². The van der Waals surface area contributed by atoms with Crippen molar-refractivity contribution < 1.29 is 4.79 Å². The molecule has 0 aliphatic carbocycles. The topological polar surface area (TPSA) is 32.3 Å². The molecule has 0 aromatic heterocycles. The van der Waals surface area contributed by atoms with Crippen LogP contribution in [0.25, 0.3) is 0 Å². The van der Waals surface area contributed by atoms with E-state index in [0.29, 0.717) is 18.0 Å². The summed E-state index contributed by atoms with van der Waals surface area (Å²) in [4.78, 5) is 14.1. The largest absolute Gasteiger partial charge is 0.342 e. The van der Waals surface area contributed by atoms with E-state index in [1.165, 1.54) is 5.56 Å². The van der Waals surface area contributed by atoms with Crippen molar-refractivity contribution in [3.8, 4) is 0 Å². The van der Waals surface area contributed by atoms with E-state index in [0.717, 1.165) is 19.5 Å². The Balaban J connectivity index is 1.91. The van der Waals surface area contributed by atoms with Gasteiger partial charge in [0.1, 0.15) is 0 Å². The van der Waals surface area contributed by atoms with Gasteiger partial charge < -0.3 is 10.2 Å². The fourth-order valence-electron chi connectivity index (χ4n) is 3.12. The molecule has 3 atom stereocenters. The highest BCUT2D eigenvalue weighted by Crippen LogP contribution is 2.22. The number of likely N-dealkylation sites (tertiary alicyclic amines) is 1. The molecule has 1 fully saturated rings. The maximum Gasteiger partial charge on any atom is 0.225 e. The summed E-state index contributed by atoms with van der Waals surface area (Å²) >= 11 is 0. The lowest BCUT2D eigenvalue weighted by Crippen LogP contribution is -2.51. The van der Waals surface area contributed by atoms with E-state index in [9.17, 15) is 4.79 Å². The monoisotopic (exact) mass is 288 g/mol. The number of benzene rings is 1. The Labute approximate surface area is 128 Å². The number of amides is 1. The molecule has 1 heterocycles. The first-order valence-corrected chi connectivity index (χ1v) is 8.08. The summed E-state index contributed by atoms with van der Waals surface area (Å²) in [6.45, 7) is 10.2. The van der Waals surface area contributed by atoms with Gasteiger partial charge in [0.2, 0.25) is 5.91 Å². The summed E-state index contributed by atoms with van der Waals surface area (Å²) in [5.41, 5.74) is 1.32. The van der Waals surface area contributed by atoms with Crippen molar-refractivity contribution in [3.05, 3.63) is 35.9 Å². The Bertz CT molecular complexity index is 458. The number of nitrogens with one attached hydrogen (secondary N) is 1. The van der Waals surface area contributed by atoms with E-state index >= 15 is 0 Å². The molecule has 21 heavy (non-hydrogen) atoms. The third kappa shape index (κ3) is 4.07. The Hall–Kier alpha value is -1.35. The molecule has 1 amide bonds. The van der Waals surface area contributed by atoms with Crippen LogP contribution < -0.4 is 5.32 Å². The maximum atomic E-state index is 12.1. The van der Waals surface area contributed by atoms with Crippen LogP contribution in [0, 0.1) is 11.8 Å². The molecule has 1 aliphatic heterocycles. The van der Waals surface area contributed by atoms with Crippen LogP contribution in [0.15, 0.2) is 30.3 Å². The molecule has 3 nitrogen and oxygen atoms in total. The number of carbonyl (C=O) groups is 1. The van der Waals surface area contributed by atoms with Crippen LogP contribution >= 0.6 is 0 Å². The second-order valence-corrected chi connectivity index (χ2v) is 6.61. The number of hydrogen-bond donors (Lipinski definition) is 1. The van der Waals surface area contributed by atoms with Crippen molar-refractivity contribution in [1.29, 1.82) is 0 Å². The molecular formula is C18H28N2O. The molecule has 1 N–H and O–H groups in total. The van der Waals surface area contributed by atoms with Gasteiger partial charge in [-0.05, 0) is 24.8 Å². The van der Waals surface area contributed by atoms with Crippen molar-refractivity contribution in [2.75, 3.05) is 13.1 Å². The third-order valence-electron chi connectivity index (χ3n) is 4.47. The summed E-state index contributed by atoms with van der Waals surface area (Å²) in [5, 5.41) is 3.74. The van der Waals surface area contributed by atoms with Crippen LogP contribution in [0.2, 0.25) is 0 Å². The summed E-state index contributed by atoms with van der Waals surface area (Å²) in [6, 6.07) is 11.4. The maximum absolute atomic E-state index is 12.1. The Morgan fingerprint density at radius 1 is 1.24 bits per heavy atom. The van der Waals surface area contributed by atoms with Gasteiger partial charge in [-0.2, -0.15) is 0 Å². The highest BCUT2D eigenvalue weighted by atomic mass is 16.2. The van der Waals surface area contributed by atoms with Gasteiger partial charge in [-0.25, -0.2) is 0 Å². The average Bonchev–Trinajstić information content (AvgIpc) is 2.49. The SMILES string of the molecule is CC(C)C(=O)N1CC[C@H](N[C@H](C)c2ccccc2)[C@@H](C)C1. The molecule has 0 radical (unpaired) electrons. The lowest BCUT2D eigenvalue weighted by molar-refractivity contribution is -0.136. The van der Waals surface area contributed by atoms with Crippen molar-refractivity contribution in [2.45, 2.75) is 46.2 Å². The van der Waals surface area contributed by atoms with Gasteiger partial charge in [-0.1, -0.05) is 51.1 Å². The standard InChI is InChI=1S/C18H28N2O/c1-13(2)18(21)20-11-10-17(14(3)12-20)19-15(4)16-8-6-5-7-9-16/h5-9,13-15,17,19H,10-12H2,1-4H3/t14-,15+,17-/m0/s1. The first-order valence-electron chi connectivity index (χ1n) is 8.08. The summed E-state index contributed by atoms with van der Waals surface area (Å²) in [5.74, 6) is 0.883. The van der Waals surface area contributed by atoms with Crippen molar-refractivity contribution in [3.63, 3.8) is 0 Å². The molecule has 0 saturated carbocycles. The van der Waals surface area contributed by atoms with E-state index in [1.54, 1.807) is 0 Å². The second-order valence-electron chi connectivity index (χ2n) is 6.61. The van der Waals surface area contributed by atoms with Crippen LogP contribution in [0.5, 0.6) is 0 Å². The summed E-state index contributed by atoms with van der Waals surface area (Å²) < 4.78 is 0. The zero-order valence-electron chi connectivity index (χ0n) is 13.7. The zero-order valence-corrected chi connectivity index (χ0v) is 13.7. The number of rotatable bonds is 4. The lowest BCUT2D eigenvalue weighted by atomic mass is 9.91. The minimum Gasteiger partial charge on any atom is -0.342 e. The molecule has 0 bridgehead atoms. The van der Waals surface area contributed by atoms with E-state index in [-0.39, 0.29) is 11.8 Å². The molecule has 0 unspecified atom stereocenters. The van der Waals surface area contributed by atoms with E-state index in [2.05, 4.69) is 49.5 Å². The normalized spacial score (nSPS) is 24.1. The minimum atomic E-state index is 0.102. The van der Waals surface area contributed by atoms with Crippen LogP contribution in [0.3, 0.4) is 0 Å². The second kappa shape index (κ2) is 7.08. The first-order chi connectivity index (χ1) is 9.99. The molecule has 1 saturated heterocycles. The Morgan fingerprint density at radius 2 is 1.90 bits per heavy atom. The predicted molar refractivity (Wildman–Crippen MR) is 87.0 cm³/mol. The molecule has 116 valence electrons. The third-order valence-corrected chi connectivity index (χ3v) is 4.47. The first kappa shape index (κ1) is 16.0. The summed E-state index contributed by atoms with van der Waals surface area (Å²) in [7, 11) is 0. The van der Waals surface area contributed by atoms with Gasteiger partial charge in [0.15, 0.2) is 0 Å². The number of piperidine rings is 1. The number of hydrogen-bond acceptors (Lipinski definition) is 2. The van der Waals surface area contributed by atoms with Gasteiger partial charge in [0.25, 0.3) is 0 Å². The van der Waals surface area contributed by atoms with Gasteiger partial charge in [-0.15, -0.1) is 0 Å². The molecule has 1 aromatic carbocycles. The number of nitrogens with zero attached hydrogens (tertiary/aromatic N) is 1. The molecule has 2 rings (SSSR count). The molecule has 3 heteroatoms. The van der Waals surface area contributed by atoms with E-state index < -0.39 is 0 Å². The predicted octanol–water partition coefficient (Wildman–Crippen LogP) is 3.23. The van der Waals surface area contributed by atoms with Crippen LogP contribution in [-0.4, -0.2) is 29.9 Å². The van der Waals surface area contributed by atoms with Gasteiger partial charge in [0, 0.05) is 31.1 Å². The Kier molecular flexibility index (Phi) is 5.40. The summed E-state index contributed by atoms with van der Waals surface area (Å²) in [6.07, 6.45) is 1.04. The minimum absolute atomic E-state index is 0.102. The average molecular weight is 288 g/mol. The number of carbonyl (C=O) groups excluding carboxylic acids is 1. The van der Waals surface area contributed by atoms with Crippen molar-refractivity contribution in [2.24, 2.45) is 11.8 Å². The Morgan fingerprint density at radius 3 is 2.48 bits per heavy atom. The molecule has 0 spiro atoms. The van der Waals surface area contributed by atoms with E-state index in [1.807, 2.05) is 18.7 Å². The molecule has 1 aromatic rings. The van der Waals surface area contributed by atoms with Gasteiger partial charge >= 0.3 is 0 Å². The molecule has 1 aliphatic rings. The fourth-order valence-corrected chi connectivity index (χ4v) is 3.12. The smallest absolute Gasteiger partial charge is 0.225 e. The zero-order chi connectivity index (χ0) is 15.4. The van der Waals surface area contributed by atoms with E-state index in [4.69, 9.17) is 0 Å². The van der Waals surface area contributed by atoms with Gasteiger partial charge in [-0.3, -0.25) is 4.79 Å². The highest BCUT2D eigenvalue weighted by Gasteiger charge is 2.30. The fraction of sp³-hybridized carbons (Fsp3) is 0.611. The van der Waals surface area contributed by atoms with Crippen LogP contribution in [-0.2, 0) is 4.79 Å². The lowest BCUT2D eigenvalue weighted by Gasteiger charge is -2.39. The van der Waals surface area contributed by atoms with Crippen molar-refractivity contribution in [1.82, 2.24) is 10.2 Å².